The van der Waals surface area contributed by atoms with Gasteiger partial charge in [0.15, 0.2) is 0 Å². The van der Waals surface area contributed by atoms with Gasteiger partial charge < -0.3 is 15.0 Å². The van der Waals surface area contributed by atoms with E-state index >= 15 is 0 Å². The van der Waals surface area contributed by atoms with Gasteiger partial charge in [-0.05, 0) is 37.1 Å². The molecule has 136 valence electrons. The first-order valence-electron chi connectivity index (χ1n) is 8.23. The number of pyridine rings is 2. The number of carbonyl (C=O) groups is 2. The van der Waals surface area contributed by atoms with Crippen LogP contribution >= 0.6 is 11.8 Å². The molecule has 2 aromatic heterocycles. The summed E-state index contributed by atoms with van der Waals surface area (Å²) in [5.74, 6) is -0.317. The Morgan fingerprint density at radius 2 is 1.96 bits per heavy atom. The van der Waals surface area contributed by atoms with Gasteiger partial charge in [-0.25, -0.2) is 14.8 Å². The molecule has 0 atom stereocenters. The number of nitrogens with zero attached hydrogens (tertiary/aromatic N) is 3. The Morgan fingerprint density at radius 3 is 2.65 bits per heavy atom. The zero-order chi connectivity index (χ0) is 18.5. The van der Waals surface area contributed by atoms with E-state index in [0.717, 1.165) is 10.1 Å². The number of carbonyl (C=O) groups excluding carboxylic acids is 2. The Labute approximate surface area is 156 Å². The van der Waals surface area contributed by atoms with E-state index in [1.165, 1.54) is 18.9 Å². The minimum Gasteiger partial charge on any atom is -0.469 e. The predicted octanol–water partition coefficient (Wildman–Crippen LogP) is 3.04. The molecule has 1 saturated carbocycles. The second kappa shape index (κ2) is 8.18. The third-order valence-corrected chi connectivity index (χ3v) is 5.23. The summed E-state index contributed by atoms with van der Waals surface area (Å²) >= 11 is 1.43. The lowest BCUT2D eigenvalue weighted by Crippen LogP contribution is -2.49. The summed E-state index contributed by atoms with van der Waals surface area (Å²) in [7, 11) is 3.12. The van der Waals surface area contributed by atoms with Crippen molar-refractivity contribution in [3.63, 3.8) is 0 Å². The zero-order valence-corrected chi connectivity index (χ0v) is 15.4. The molecule has 26 heavy (non-hydrogen) atoms. The molecule has 2 aromatic rings. The summed E-state index contributed by atoms with van der Waals surface area (Å²) in [6, 6.07) is 9.06. The summed E-state index contributed by atoms with van der Waals surface area (Å²) in [6.45, 7) is 0. The van der Waals surface area contributed by atoms with Gasteiger partial charge in [-0.1, -0.05) is 17.8 Å². The molecule has 0 aromatic carbocycles. The smallest absolute Gasteiger partial charge is 0.321 e. The van der Waals surface area contributed by atoms with Gasteiger partial charge in [0.05, 0.1) is 13.0 Å². The quantitative estimate of drug-likeness (QED) is 0.812. The number of aromatic nitrogens is 2. The van der Waals surface area contributed by atoms with Crippen LogP contribution in [0.25, 0.3) is 0 Å². The highest BCUT2D eigenvalue weighted by Gasteiger charge is 2.39. The maximum Gasteiger partial charge on any atom is 0.321 e. The van der Waals surface area contributed by atoms with E-state index in [-0.39, 0.29) is 24.0 Å². The van der Waals surface area contributed by atoms with E-state index in [0.29, 0.717) is 18.5 Å². The largest absolute Gasteiger partial charge is 0.469 e. The average Bonchev–Trinajstić information content (AvgIpc) is 2.61. The van der Waals surface area contributed by atoms with Crippen LogP contribution in [0.5, 0.6) is 0 Å². The molecule has 1 aliphatic carbocycles. The van der Waals surface area contributed by atoms with Crippen LogP contribution in [0.2, 0.25) is 0 Å². The zero-order valence-electron chi connectivity index (χ0n) is 14.6. The molecule has 3 rings (SSSR count). The highest BCUT2D eigenvalue weighted by atomic mass is 32.2. The van der Waals surface area contributed by atoms with Crippen molar-refractivity contribution in [3.8, 4) is 0 Å². The van der Waals surface area contributed by atoms with Gasteiger partial charge in [0.1, 0.15) is 10.1 Å². The summed E-state index contributed by atoms with van der Waals surface area (Å²) < 4.78 is 4.73. The Bertz CT molecular complexity index is 781. The third kappa shape index (κ3) is 4.32. The minimum atomic E-state index is -0.210. The summed E-state index contributed by atoms with van der Waals surface area (Å²) in [5.41, 5.74) is 0.666. The number of rotatable bonds is 5. The highest BCUT2D eigenvalue weighted by molar-refractivity contribution is 7.99. The lowest BCUT2D eigenvalue weighted by Gasteiger charge is -2.39. The second-order valence-electron chi connectivity index (χ2n) is 6.04. The molecule has 1 aliphatic rings. The van der Waals surface area contributed by atoms with Crippen molar-refractivity contribution in [1.82, 2.24) is 14.9 Å². The molecule has 0 bridgehead atoms. The van der Waals surface area contributed by atoms with Crippen LogP contribution in [0, 0.1) is 5.92 Å². The first-order valence-corrected chi connectivity index (χ1v) is 9.05. The second-order valence-corrected chi connectivity index (χ2v) is 7.08. The molecule has 1 fully saturated rings. The molecule has 1 N–H and O–H groups in total. The number of ether oxygens (including phenoxy) is 1. The predicted molar refractivity (Wildman–Crippen MR) is 97.9 cm³/mol. The SMILES string of the molecule is COC(=O)C1CC(N(C)C(=O)Nc2ccnc(Sc3ccccn3)c2)C1. The number of nitrogens with one attached hydrogen (secondary N) is 1. The van der Waals surface area contributed by atoms with Crippen LogP contribution in [-0.2, 0) is 9.53 Å². The summed E-state index contributed by atoms with van der Waals surface area (Å²) in [5, 5.41) is 4.46. The van der Waals surface area contributed by atoms with Crippen LogP contribution in [0.3, 0.4) is 0 Å². The van der Waals surface area contributed by atoms with Gasteiger partial charge in [0.25, 0.3) is 0 Å². The first kappa shape index (κ1) is 18.2. The molecule has 2 heterocycles. The number of methoxy groups -OCH3 is 1. The van der Waals surface area contributed by atoms with Crippen LogP contribution < -0.4 is 5.32 Å². The number of hydrogen-bond donors (Lipinski definition) is 1. The minimum absolute atomic E-state index is 0.0447. The summed E-state index contributed by atoms with van der Waals surface area (Å²) in [6.07, 6.45) is 4.64. The Hall–Kier alpha value is -2.61. The van der Waals surface area contributed by atoms with Crippen LogP contribution in [0.4, 0.5) is 10.5 Å². The fourth-order valence-electron chi connectivity index (χ4n) is 2.70. The van der Waals surface area contributed by atoms with Gasteiger partial charge in [-0.2, -0.15) is 0 Å². The van der Waals surface area contributed by atoms with Gasteiger partial charge in [0.2, 0.25) is 0 Å². The summed E-state index contributed by atoms with van der Waals surface area (Å²) in [4.78, 5) is 34.1. The van der Waals surface area contributed by atoms with Gasteiger partial charge in [-0.3, -0.25) is 4.79 Å². The van der Waals surface area contributed by atoms with Crippen molar-refractivity contribution in [2.75, 3.05) is 19.5 Å². The van der Waals surface area contributed by atoms with Crippen molar-refractivity contribution in [2.24, 2.45) is 5.92 Å². The normalized spacial score (nSPS) is 18.5. The van der Waals surface area contributed by atoms with E-state index in [2.05, 4.69) is 15.3 Å². The van der Waals surface area contributed by atoms with Crippen LogP contribution in [-0.4, -0.2) is 47.1 Å². The number of urea groups is 1. The average molecular weight is 372 g/mol. The van der Waals surface area contributed by atoms with Gasteiger partial charge in [-0.15, -0.1) is 0 Å². The molecule has 0 aliphatic heterocycles. The fraction of sp³-hybridized carbons (Fsp3) is 0.333. The molecule has 0 spiro atoms. The molecule has 8 heteroatoms. The monoisotopic (exact) mass is 372 g/mol. The highest BCUT2D eigenvalue weighted by Crippen LogP contribution is 2.32. The fourth-order valence-corrected chi connectivity index (χ4v) is 3.47. The van der Waals surface area contributed by atoms with Crippen molar-refractivity contribution in [3.05, 3.63) is 42.7 Å². The van der Waals surface area contributed by atoms with Crippen molar-refractivity contribution < 1.29 is 14.3 Å². The molecule has 0 unspecified atom stereocenters. The number of anilines is 1. The topological polar surface area (TPSA) is 84.4 Å². The van der Waals surface area contributed by atoms with Crippen molar-refractivity contribution in [1.29, 1.82) is 0 Å². The standard InChI is InChI=1S/C18H20N4O3S/c1-22(14-9-12(10-14)17(23)25-2)18(24)21-13-6-8-20-16(11-13)26-15-5-3-4-7-19-15/h3-8,11-12,14H,9-10H2,1-2H3,(H,20,21,24). The van der Waals surface area contributed by atoms with Crippen molar-refractivity contribution in [2.45, 2.75) is 28.9 Å². The third-order valence-electron chi connectivity index (χ3n) is 4.35. The van der Waals surface area contributed by atoms with E-state index < -0.39 is 0 Å². The Morgan fingerprint density at radius 1 is 1.19 bits per heavy atom. The number of esters is 1. The molecular weight excluding hydrogens is 352 g/mol. The number of hydrogen-bond acceptors (Lipinski definition) is 6. The van der Waals surface area contributed by atoms with Crippen LogP contribution in [0.15, 0.2) is 52.8 Å². The lowest BCUT2D eigenvalue weighted by atomic mass is 9.79. The molecular formula is C18H20N4O3S. The maximum atomic E-state index is 12.4. The molecule has 0 saturated heterocycles. The van der Waals surface area contributed by atoms with E-state index in [4.69, 9.17) is 4.74 Å². The number of amides is 2. The van der Waals surface area contributed by atoms with Crippen LogP contribution in [0.1, 0.15) is 12.8 Å². The maximum absolute atomic E-state index is 12.4. The van der Waals surface area contributed by atoms with Gasteiger partial charge >= 0.3 is 12.0 Å². The van der Waals surface area contributed by atoms with E-state index in [1.54, 1.807) is 30.4 Å². The van der Waals surface area contributed by atoms with Gasteiger partial charge in [0, 0.05) is 31.2 Å². The van der Waals surface area contributed by atoms with Crippen molar-refractivity contribution >= 4 is 29.4 Å². The lowest BCUT2D eigenvalue weighted by molar-refractivity contribution is -0.150. The van der Waals surface area contributed by atoms with E-state index in [1.807, 2.05) is 24.3 Å². The Balaban J connectivity index is 1.56. The molecule has 7 nitrogen and oxygen atoms in total. The molecule has 2 amide bonds. The first-order chi connectivity index (χ1) is 12.6. The molecule has 0 radical (unpaired) electrons. The Kier molecular flexibility index (Phi) is 5.72. The van der Waals surface area contributed by atoms with E-state index in [9.17, 15) is 9.59 Å².